The number of halogens is 3. The molecule has 0 saturated carbocycles. The lowest BCUT2D eigenvalue weighted by Crippen LogP contribution is -2.01. The van der Waals surface area contributed by atoms with E-state index in [1.807, 2.05) is 24.3 Å². The number of rotatable bonds is 3. The van der Waals surface area contributed by atoms with Gasteiger partial charge < -0.3 is 5.32 Å². The minimum absolute atomic E-state index is 0.534. The molecule has 0 bridgehead atoms. The lowest BCUT2D eigenvalue weighted by Gasteiger charge is -2.08. The molecule has 2 rings (SSSR count). The van der Waals surface area contributed by atoms with Gasteiger partial charge in [0.1, 0.15) is 0 Å². The van der Waals surface area contributed by atoms with Crippen LogP contribution in [0.4, 0.5) is 5.69 Å². The van der Waals surface area contributed by atoms with Crippen molar-refractivity contribution in [2.75, 3.05) is 5.32 Å². The summed E-state index contributed by atoms with van der Waals surface area (Å²) in [4.78, 5) is 4.26. The van der Waals surface area contributed by atoms with Gasteiger partial charge in [-0.05, 0) is 40.2 Å². The first-order chi connectivity index (χ1) is 8.16. The summed E-state index contributed by atoms with van der Waals surface area (Å²) in [6.07, 6.45) is 1.76. The van der Waals surface area contributed by atoms with E-state index in [4.69, 9.17) is 23.2 Å². The molecule has 1 N–H and O–H groups in total. The molecule has 17 heavy (non-hydrogen) atoms. The molecular formula is C12H9BrCl2N2. The summed E-state index contributed by atoms with van der Waals surface area (Å²) in [7, 11) is 0. The molecule has 0 aliphatic carbocycles. The largest absolute Gasteiger partial charge is 0.378 e. The number of hydrogen-bond donors (Lipinski definition) is 1. The topological polar surface area (TPSA) is 24.9 Å². The lowest BCUT2D eigenvalue weighted by atomic mass is 10.3. The van der Waals surface area contributed by atoms with E-state index < -0.39 is 0 Å². The molecule has 0 saturated heterocycles. The Bertz CT molecular complexity index is 514. The van der Waals surface area contributed by atoms with Crippen molar-refractivity contribution in [3.05, 3.63) is 56.7 Å². The second-order valence-electron chi connectivity index (χ2n) is 3.42. The number of aromatic nitrogens is 1. The van der Waals surface area contributed by atoms with Gasteiger partial charge in [0.2, 0.25) is 0 Å². The Morgan fingerprint density at radius 3 is 2.71 bits per heavy atom. The maximum atomic E-state index is 6.06. The van der Waals surface area contributed by atoms with E-state index in [1.165, 1.54) is 0 Å². The van der Waals surface area contributed by atoms with Crippen molar-refractivity contribution < 1.29 is 0 Å². The van der Waals surface area contributed by atoms with Gasteiger partial charge in [0.25, 0.3) is 0 Å². The minimum atomic E-state index is 0.534. The highest BCUT2D eigenvalue weighted by atomic mass is 79.9. The Labute approximate surface area is 118 Å². The quantitative estimate of drug-likeness (QED) is 0.876. The van der Waals surface area contributed by atoms with Crippen LogP contribution in [0.5, 0.6) is 0 Å². The van der Waals surface area contributed by atoms with Crippen molar-refractivity contribution in [3.63, 3.8) is 0 Å². The van der Waals surface area contributed by atoms with Gasteiger partial charge in [-0.2, -0.15) is 0 Å². The number of anilines is 1. The van der Waals surface area contributed by atoms with Crippen LogP contribution < -0.4 is 5.32 Å². The molecule has 2 nitrogen and oxygen atoms in total. The van der Waals surface area contributed by atoms with Crippen LogP contribution in [0.15, 0.2) is 41.0 Å². The van der Waals surface area contributed by atoms with Gasteiger partial charge in [0, 0.05) is 10.7 Å². The van der Waals surface area contributed by atoms with Crippen LogP contribution in [0.25, 0.3) is 0 Å². The standard InChI is InChI=1S/C12H9BrCl2N2/c13-8-4-5-9(16-6-8)7-17-11-3-1-2-10(14)12(11)15/h1-6,17H,7H2. The van der Waals surface area contributed by atoms with Crippen LogP contribution in [0.3, 0.4) is 0 Å². The summed E-state index contributed by atoms with van der Waals surface area (Å²) in [5.41, 5.74) is 1.74. The van der Waals surface area contributed by atoms with Gasteiger partial charge in [-0.25, -0.2) is 0 Å². The molecule has 1 heterocycles. The number of benzene rings is 1. The Hall–Kier alpha value is -0.770. The van der Waals surface area contributed by atoms with Crippen LogP contribution in [0.1, 0.15) is 5.69 Å². The van der Waals surface area contributed by atoms with E-state index in [0.717, 1.165) is 15.9 Å². The molecule has 5 heteroatoms. The summed E-state index contributed by atoms with van der Waals surface area (Å²) < 4.78 is 0.960. The van der Waals surface area contributed by atoms with E-state index in [-0.39, 0.29) is 0 Å². The zero-order valence-electron chi connectivity index (χ0n) is 8.75. The molecule has 0 amide bonds. The number of hydrogen-bond acceptors (Lipinski definition) is 2. The molecule has 0 atom stereocenters. The zero-order chi connectivity index (χ0) is 12.3. The van der Waals surface area contributed by atoms with Crippen LogP contribution in [0.2, 0.25) is 10.0 Å². The van der Waals surface area contributed by atoms with Crippen LogP contribution >= 0.6 is 39.1 Å². The third-order valence-electron chi connectivity index (χ3n) is 2.20. The van der Waals surface area contributed by atoms with Crippen molar-refractivity contribution >= 4 is 44.8 Å². The summed E-state index contributed by atoms with van der Waals surface area (Å²) >= 11 is 15.3. The highest BCUT2D eigenvalue weighted by Gasteiger charge is 2.03. The molecule has 0 spiro atoms. The van der Waals surface area contributed by atoms with Gasteiger partial charge in [-0.3, -0.25) is 4.98 Å². The number of pyridine rings is 1. The zero-order valence-corrected chi connectivity index (χ0v) is 11.9. The lowest BCUT2D eigenvalue weighted by molar-refractivity contribution is 1.04. The predicted octanol–water partition coefficient (Wildman–Crippen LogP) is 4.76. The van der Waals surface area contributed by atoms with Crippen molar-refractivity contribution in [2.45, 2.75) is 6.54 Å². The first kappa shape index (κ1) is 12.7. The fourth-order valence-corrected chi connectivity index (χ4v) is 1.94. The maximum absolute atomic E-state index is 6.06. The molecule has 0 aliphatic rings. The first-order valence-corrected chi connectivity index (χ1v) is 6.50. The van der Waals surface area contributed by atoms with Gasteiger partial charge in [-0.1, -0.05) is 29.3 Å². The first-order valence-electron chi connectivity index (χ1n) is 4.95. The average Bonchev–Trinajstić information content (AvgIpc) is 2.33. The van der Waals surface area contributed by atoms with Crippen molar-refractivity contribution in [1.29, 1.82) is 0 Å². The van der Waals surface area contributed by atoms with Gasteiger partial charge in [0.05, 0.1) is 28.0 Å². The molecular weight excluding hydrogens is 323 g/mol. The van der Waals surface area contributed by atoms with E-state index >= 15 is 0 Å². The highest BCUT2D eigenvalue weighted by Crippen LogP contribution is 2.29. The van der Waals surface area contributed by atoms with Crippen LogP contribution in [-0.2, 0) is 6.54 Å². The van der Waals surface area contributed by atoms with Gasteiger partial charge >= 0.3 is 0 Å². The van der Waals surface area contributed by atoms with Crippen molar-refractivity contribution in [2.24, 2.45) is 0 Å². The van der Waals surface area contributed by atoms with Crippen LogP contribution in [-0.4, -0.2) is 4.98 Å². The predicted molar refractivity (Wildman–Crippen MR) is 75.7 cm³/mol. The second-order valence-corrected chi connectivity index (χ2v) is 5.12. The SMILES string of the molecule is Clc1cccc(NCc2ccc(Br)cn2)c1Cl. The van der Waals surface area contributed by atoms with E-state index in [2.05, 4.69) is 26.2 Å². The molecule has 0 radical (unpaired) electrons. The molecule has 88 valence electrons. The van der Waals surface area contributed by atoms with Crippen molar-refractivity contribution in [3.8, 4) is 0 Å². The average molecular weight is 332 g/mol. The summed E-state index contributed by atoms with van der Waals surface area (Å²) in [6.45, 7) is 0.605. The smallest absolute Gasteiger partial charge is 0.0823 e. The van der Waals surface area contributed by atoms with E-state index in [9.17, 15) is 0 Å². The fourth-order valence-electron chi connectivity index (χ4n) is 1.34. The van der Waals surface area contributed by atoms with Gasteiger partial charge in [-0.15, -0.1) is 0 Å². The Morgan fingerprint density at radius 1 is 1.18 bits per heavy atom. The molecule has 1 aromatic carbocycles. The molecule has 0 fully saturated rings. The number of nitrogens with one attached hydrogen (secondary N) is 1. The van der Waals surface area contributed by atoms with Crippen LogP contribution in [0, 0.1) is 0 Å². The number of nitrogens with zero attached hydrogens (tertiary/aromatic N) is 1. The Kier molecular flexibility index (Phi) is 4.26. The van der Waals surface area contributed by atoms with Crippen molar-refractivity contribution in [1.82, 2.24) is 4.98 Å². The summed E-state index contributed by atoms with van der Waals surface area (Å²) in [5, 5.41) is 4.27. The molecule has 0 unspecified atom stereocenters. The van der Waals surface area contributed by atoms with E-state index in [1.54, 1.807) is 12.3 Å². The van der Waals surface area contributed by atoms with E-state index in [0.29, 0.717) is 16.6 Å². The molecule has 2 aromatic rings. The molecule has 0 aliphatic heterocycles. The third kappa shape index (κ3) is 3.35. The third-order valence-corrected chi connectivity index (χ3v) is 3.49. The fraction of sp³-hybridized carbons (Fsp3) is 0.0833. The van der Waals surface area contributed by atoms with Gasteiger partial charge in [0.15, 0.2) is 0 Å². The minimum Gasteiger partial charge on any atom is -0.378 e. The Balaban J connectivity index is 2.07. The Morgan fingerprint density at radius 2 is 2.00 bits per heavy atom. The normalized spacial score (nSPS) is 10.3. The molecule has 1 aromatic heterocycles. The summed E-state index contributed by atoms with van der Waals surface area (Å²) in [5.74, 6) is 0. The monoisotopic (exact) mass is 330 g/mol. The summed E-state index contributed by atoms with van der Waals surface area (Å²) in [6, 6.07) is 9.38. The maximum Gasteiger partial charge on any atom is 0.0823 e. The highest BCUT2D eigenvalue weighted by molar-refractivity contribution is 9.10. The second kappa shape index (κ2) is 5.71.